The topological polar surface area (TPSA) is 45.1 Å². The highest BCUT2D eigenvalue weighted by molar-refractivity contribution is 6.31. The molecule has 0 atom stereocenters. The van der Waals surface area contributed by atoms with Gasteiger partial charge in [-0.2, -0.15) is 0 Å². The number of aromatic nitrogens is 1. The summed E-state index contributed by atoms with van der Waals surface area (Å²) in [6.45, 7) is 2.84. The quantitative estimate of drug-likeness (QED) is 0.891. The minimum Gasteiger partial charge on any atom is -0.388 e. The molecule has 1 saturated carbocycles. The Hall–Kier alpha value is -1.32. The Bertz CT molecular complexity index is 636. The van der Waals surface area contributed by atoms with E-state index >= 15 is 0 Å². The predicted molar refractivity (Wildman–Crippen MR) is 87.8 cm³/mol. The standard InChI is InChI=1S/C17H21ClN2O/c1-12-4-7-17(21,8-5-12)11-20-15-6-9-19-16-10-13(18)2-3-14(15)16/h2-3,6,9-10,12,21H,4-5,7-8,11H2,1H3,(H,19,20). The Morgan fingerprint density at radius 3 is 2.86 bits per heavy atom. The molecule has 0 spiro atoms. The summed E-state index contributed by atoms with van der Waals surface area (Å²) in [7, 11) is 0. The Kier molecular flexibility index (Phi) is 4.05. The van der Waals surface area contributed by atoms with Crippen molar-refractivity contribution in [2.24, 2.45) is 5.92 Å². The number of rotatable bonds is 3. The molecule has 1 aromatic heterocycles. The van der Waals surface area contributed by atoms with Crippen molar-refractivity contribution in [1.82, 2.24) is 4.98 Å². The fourth-order valence-corrected chi connectivity index (χ4v) is 3.18. The Labute approximate surface area is 130 Å². The van der Waals surface area contributed by atoms with E-state index in [1.165, 1.54) is 0 Å². The van der Waals surface area contributed by atoms with E-state index in [2.05, 4.69) is 17.2 Å². The first kappa shape index (κ1) is 14.6. The molecular formula is C17H21ClN2O. The summed E-state index contributed by atoms with van der Waals surface area (Å²) in [5.41, 5.74) is 1.29. The first-order valence-electron chi connectivity index (χ1n) is 7.56. The molecule has 112 valence electrons. The lowest BCUT2D eigenvalue weighted by Crippen LogP contribution is -2.40. The van der Waals surface area contributed by atoms with Gasteiger partial charge in [-0.1, -0.05) is 18.5 Å². The number of benzene rings is 1. The number of anilines is 1. The van der Waals surface area contributed by atoms with Crippen molar-refractivity contribution in [2.75, 3.05) is 11.9 Å². The van der Waals surface area contributed by atoms with Gasteiger partial charge in [0.05, 0.1) is 11.1 Å². The third-order valence-electron chi connectivity index (χ3n) is 4.52. The first-order chi connectivity index (χ1) is 10.1. The lowest BCUT2D eigenvalue weighted by molar-refractivity contribution is 0.00503. The van der Waals surface area contributed by atoms with Crippen LogP contribution in [0.1, 0.15) is 32.6 Å². The van der Waals surface area contributed by atoms with Crippen molar-refractivity contribution in [3.05, 3.63) is 35.5 Å². The van der Waals surface area contributed by atoms with Crippen molar-refractivity contribution in [2.45, 2.75) is 38.2 Å². The fraction of sp³-hybridized carbons (Fsp3) is 0.471. The van der Waals surface area contributed by atoms with Crippen LogP contribution in [0.25, 0.3) is 10.9 Å². The van der Waals surface area contributed by atoms with E-state index in [4.69, 9.17) is 11.6 Å². The lowest BCUT2D eigenvalue weighted by Gasteiger charge is -2.35. The Morgan fingerprint density at radius 1 is 1.33 bits per heavy atom. The summed E-state index contributed by atoms with van der Waals surface area (Å²) >= 11 is 6.01. The number of halogens is 1. The minimum absolute atomic E-state index is 0.585. The first-order valence-corrected chi connectivity index (χ1v) is 7.94. The van der Waals surface area contributed by atoms with Crippen molar-refractivity contribution < 1.29 is 5.11 Å². The van der Waals surface area contributed by atoms with E-state index < -0.39 is 5.60 Å². The van der Waals surface area contributed by atoms with Crippen LogP contribution in [0.4, 0.5) is 5.69 Å². The van der Waals surface area contributed by atoms with Gasteiger partial charge in [-0.15, -0.1) is 0 Å². The van der Waals surface area contributed by atoms with E-state index in [1.807, 2.05) is 24.3 Å². The molecule has 1 aliphatic rings. The largest absolute Gasteiger partial charge is 0.388 e. The van der Waals surface area contributed by atoms with Gasteiger partial charge in [0.15, 0.2) is 0 Å². The zero-order valence-electron chi connectivity index (χ0n) is 12.3. The number of fused-ring (bicyclic) bond motifs is 1. The molecule has 2 N–H and O–H groups in total. The van der Waals surface area contributed by atoms with Crippen LogP contribution in [-0.2, 0) is 0 Å². The number of pyridine rings is 1. The summed E-state index contributed by atoms with van der Waals surface area (Å²) in [4.78, 5) is 4.34. The number of nitrogens with zero attached hydrogens (tertiary/aromatic N) is 1. The van der Waals surface area contributed by atoms with E-state index in [1.54, 1.807) is 6.20 Å². The maximum atomic E-state index is 10.7. The average Bonchev–Trinajstić information content (AvgIpc) is 2.48. The Morgan fingerprint density at radius 2 is 2.10 bits per heavy atom. The maximum Gasteiger partial charge on any atom is 0.0819 e. The maximum absolute atomic E-state index is 10.7. The summed E-state index contributed by atoms with van der Waals surface area (Å²) in [5.74, 6) is 0.731. The monoisotopic (exact) mass is 304 g/mol. The SMILES string of the molecule is CC1CCC(O)(CNc2ccnc3cc(Cl)ccc23)CC1. The molecular weight excluding hydrogens is 284 g/mol. The van der Waals surface area contributed by atoms with Crippen LogP contribution in [-0.4, -0.2) is 22.2 Å². The normalized spacial score (nSPS) is 26.0. The summed E-state index contributed by atoms with van der Waals surface area (Å²) in [5, 5.41) is 15.8. The molecule has 0 aliphatic heterocycles. The van der Waals surface area contributed by atoms with Crippen molar-refractivity contribution >= 4 is 28.2 Å². The fourth-order valence-electron chi connectivity index (χ4n) is 3.01. The number of aliphatic hydroxyl groups is 1. The van der Waals surface area contributed by atoms with Crippen LogP contribution < -0.4 is 5.32 Å². The van der Waals surface area contributed by atoms with Gasteiger partial charge in [-0.3, -0.25) is 4.98 Å². The third kappa shape index (κ3) is 3.30. The second-order valence-corrected chi connectivity index (χ2v) is 6.72. The summed E-state index contributed by atoms with van der Waals surface area (Å²) in [6, 6.07) is 7.65. The van der Waals surface area contributed by atoms with E-state index in [0.29, 0.717) is 11.6 Å². The Balaban J connectivity index is 1.76. The highest BCUT2D eigenvalue weighted by Gasteiger charge is 2.31. The zero-order chi connectivity index (χ0) is 14.9. The lowest BCUT2D eigenvalue weighted by atomic mass is 9.79. The minimum atomic E-state index is -0.589. The van der Waals surface area contributed by atoms with E-state index in [-0.39, 0.29) is 0 Å². The molecule has 4 heteroatoms. The van der Waals surface area contributed by atoms with Crippen LogP contribution in [0.5, 0.6) is 0 Å². The molecule has 0 saturated heterocycles. The summed E-state index contributed by atoms with van der Waals surface area (Å²) in [6.07, 6.45) is 5.72. The highest BCUT2D eigenvalue weighted by atomic mass is 35.5. The van der Waals surface area contributed by atoms with Crippen LogP contribution in [0.3, 0.4) is 0 Å². The van der Waals surface area contributed by atoms with Gasteiger partial charge in [-0.25, -0.2) is 0 Å². The van der Waals surface area contributed by atoms with Crippen molar-refractivity contribution in [1.29, 1.82) is 0 Å². The molecule has 1 fully saturated rings. The van der Waals surface area contributed by atoms with Crippen LogP contribution >= 0.6 is 11.6 Å². The van der Waals surface area contributed by atoms with Gasteiger partial charge in [0.25, 0.3) is 0 Å². The number of nitrogens with one attached hydrogen (secondary N) is 1. The average molecular weight is 305 g/mol. The van der Waals surface area contributed by atoms with Crippen molar-refractivity contribution in [3.8, 4) is 0 Å². The molecule has 21 heavy (non-hydrogen) atoms. The molecule has 0 bridgehead atoms. The highest BCUT2D eigenvalue weighted by Crippen LogP contribution is 2.32. The van der Waals surface area contributed by atoms with Crippen molar-refractivity contribution in [3.63, 3.8) is 0 Å². The predicted octanol–water partition coefficient (Wildman–Crippen LogP) is 4.24. The molecule has 1 aromatic carbocycles. The van der Waals surface area contributed by atoms with Crippen LogP contribution in [0, 0.1) is 5.92 Å². The second kappa shape index (κ2) is 5.82. The molecule has 2 aromatic rings. The van der Waals surface area contributed by atoms with E-state index in [0.717, 1.165) is 48.2 Å². The van der Waals surface area contributed by atoms with Gasteiger partial charge in [0, 0.05) is 28.8 Å². The van der Waals surface area contributed by atoms with E-state index in [9.17, 15) is 5.11 Å². The smallest absolute Gasteiger partial charge is 0.0819 e. The van der Waals surface area contributed by atoms with Gasteiger partial charge in [-0.05, 0) is 55.9 Å². The summed E-state index contributed by atoms with van der Waals surface area (Å²) < 4.78 is 0. The number of hydrogen-bond acceptors (Lipinski definition) is 3. The van der Waals surface area contributed by atoms with Crippen LogP contribution in [0.2, 0.25) is 5.02 Å². The molecule has 3 nitrogen and oxygen atoms in total. The van der Waals surface area contributed by atoms with Gasteiger partial charge >= 0.3 is 0 Å². The molecule has 0 amide bonds. The molecule has 1 heterocycles. The molecule has 1 aliphatic carbocycles. The number of hydrogen-bond donors (Lipinski definition) is 2. The third-order valence-corrected chi connectivity index (χ3v) is 4.75. The van der Waals surface area contributed by atoms with Gasteiger partial charge in [0.2, 0.25) is 0 Å². The second-order valence-electron chi connectivity index (χ2n) is 6.28. The zero-order valence-corrected chi connectivity index (χ0v) is 13.0. The molecule has 3 rings (SSSR count). The van der Waals surface area contributed by atoms with Crippen LogP contribution in [0.15, 0.2) is 30.5 Å². The molecule has 0 unspecified atom stereocenters. The van der Waals surface area contributed by atoms with Gasteiger partial charge in [0.1, 0.15) is 0 Å². The molecule has 0 radical (unpaired) electrons. The van der Waals surface area contributed by atoms with Gasteiger partial charge < -0.3 is 10.4 Å².